The predicted molar refractivity (Wildman–Crippen MR) is 206 cm³/mol. The molecular formula is C37H81N6O9S+. The maximum absolute atomic E-state index is 10.8. The molecule has 0 bridgehead atoms. The van der Waals surface area contributed by atoms with Gasteiger partial charge in [0.15, 0.2) is 0 Å². The number of rotatable bonds is 29. The summed E-state index contributed by atoms with van der Waals surface area (Å²) in [5.41, 5.74) is 0. The number of carbonyl (C=O) groups excluding carboxylic acids is 2. The van der Waals surface area contributed by atoms with Crippen molar-refractivity contribution in [3.05, 3.63) is 0 Å². The minimum Gasteiger partial charge on any atom is -0.748 e. The van der Waals surface area contributed by atoms with E-state index in [4.69, 9.17) is 0 Å². The lowest BCUT2D eigenvalue weighted by Gasteiger charge is -2.35. The number of carbonyl (C=O) groups is 2. The molecule has 0 aliphatic rings. The Morgan fingerprint density at radius 2 is 0.868 bits per heavy atom. The number of hydrogen-bond donors (Lipinski definition) is 2. The number of aliphatic hydroxyl groups excluding tert-OH is 2. The van der Waals surface area contributed by atoms with Gasteiger partial charge in [0.1, 0.15) is 38.4 Å². The molecule has 53 heavy (non-hydrogen) atoms. The summed E-state index contributed by atoms with van der Waals surface area (Å²) in [5, 5.41) is 41.3. The molecule has 0 amide bonds. The van der Waals surface area contributed by atoms with Crippen LogP contribution in [0.15, 0.2) is 0 Å². The van der Waals surface area contributed by atoms with Crippen LogP contribution in [0.25, 0.3) is 0 Å². The molecule has 0 saturated heterocycles. The molecule has 0 aliphatic carbocycles. The van der Waals surface area contributed by atoms with Gasteiger partial charge < -0.3 is 62.3 Å². The fraction of sp³-hybridized carbons (Fsp3) is 0.946. The number of likely N-dealkylation sites (N-methyl/N-ethyl adjacent to an activating group) is 4. The zero-order valence-corrected chi connectivity index (χ0v) is 36.7. The minimum atomic E-state index is -4.41. The minimum absolute atomic E-state index is 0.0244. The second-order valence-electron chi connectivity index (χ2n) is 18.2. The van der Waals surface area contributed by atoms with Crippen LogP contribution in [0.5, 0.6) is 0 Å². The summed E-state index contributed by atoms with van der Waals surface area (Å²) in [6.07, 6.45) is 3.20. The Morgan fingerprint density at radius 3 is 1.11 bits per heavy atom. The molecule has 0 saturated carbocycles. The molecule has 0 radical (unpaired) electrons. The molecule has 0 heterocycles. The number of carboxylic acids is 2. The van der Waals surface area contributed by atoms with Crippen LogP contribution in [0, 0.1) is 0 Å². The van der Waals surface area contributed by atoms with E-state index in [1.165, 1.54) is 0 Å². The Morgan fingerprint density at radius 1 is 0.585 bits per heavy atom. The van der Waals surface area contributed by atoms with Crippen LogP contribution in [-0.4, -0.2) is 228 Å². The normalized spacial score (nSPS) is 14.5. The number of nitrogens with zero attached hydrogens (tertiary/aromatic N) is 6. The molecule has 16 heteroatoms. The van der Waals surface area contributed by atoms with Crippen molar-refractivity contribution >= 4 is 22.1 Å². The van der Waals surface area contributed by atoms with Crippen molar-refractivity contribution in [1.29, 1.82) is 0 Å². The molecule has 0 aliphatic heterocycles. The summed E-state index contributed by atoms with van der Waals surface area (Å²) < 4.78 is 34.6. The lowest BCUT2D eigenvalue weighted by Crippen LogP contribution is -2.50. The average Bonchev–Trinajstić information content (AvgIpc) is 2.92. The van der Waals surface area contributed by atoms with Gasteiger partial charge in [-0.05, 0) is 34.1 Å². The van der Waals surface area contributed by atoms with Crippen molar-refractivity contribution in [2.24, 2.45) is 0 Å². The molecule has 318 valence electrons. The Kier molecular flexibility index (Phi) is 25.2. The van der Waals surface area contributed by atoms with Crippen LogP contribution in [0.4, 0.5) is 0 Å². The van der Waals surface area contributed by atoms with Gasteiger partial charge in [0, 0.05) is 63.9 Å². The van der Waals surface area contributed by atoms with E-state index in [1.807, 2.05) is 49.2 Å². The van der Waals surface area contributed by atoms with Gasteiger partial charge >= 0.3 is 0 Å². The first-order valence-electron chi connectivity index (χ1n) is 19.4. The average molecular weight is 786 g/mol. The molecule has 0 rings (SSSR count). The van der Waals surface area contributed by atoms with Gasteiger partial charge in [0.05, 0.1) is 110 Å². The Bertz CT molecular complexity index is 1100. The molecular weight excluding hydrogens is 705 g/mol. The van der Waals surface area contributed by atoms with Crippen LogP contribution >= 0.6 is 0 Å². The second kappa shape index (κ2) is 24.9. The topological polar surface area (TPSA) is 184 Å². The molecule has 0 aromatic carbocycles. The molecule has 0 aromatic rings. The van der Waals surface area contributed by atoms with Crippen molar-refractivity contribution in [2.75, 3.05) is 141 Å². The smallest absolute Gasteiger partial charge is 0.119 e. The van der Waals surface area contributed by atoms with Gasteiger partial charge in [-0.25, -0.2) is 8.42 Å². The molecule has 2 unspecified atom stereocenters. The molecule has 0 fully saturated rings. The van der Waals surface area contributed by atoms with Crippen molar-refractivity contribution < 1.29 is 60.9 Å². The summed E-state index contributed by atoms with van der Waals surface area (Å²) in [6, 6.07) is 0.831. The molecule has 2 N–H and O–H groups in total. The zero-order valence-electron chi connectivity index (χ0n) is 35.9. The largest absolute Gasteiger partial charge is 0.748 e. The molecule has 15 nitrogen and oxygen atoms in total. The highest BCUT2D eigenvalue weighted by Gasteiger charge is 2.24. The highest BCUT2D eigenvalue weighted by Crippen LogP contribution is 2.10. The van der Waals surface area contributed by atoms with Crippen molar-refractivity contribution in [1.82, 2.24) is 9.80 Å². The van der Waals surface area contributed by atoms with Crippen LogP contribution in [0.1, 0.15) is 66.7 Å². The van der Waals surface area contributed by atoms with Gasteiger partial charge in [0.25, 0.3) is 0 Å². The van der Waals surface area contributed by atoms with Crippen LogP contribution in [0.3, 0.4) is 0 Å². The first-order valence-corrected chi connectivity index (χ1v) is 20.9. The highest BCUT2D eigenvalue weighted by atomic mass is 32.2. The number of quaternary nitrogens is 4. The number of aliphatic carboxylic acids is 2. The second-order valence-corrected chi connectivity index (χ2v) is 19.6. The number of carboxylic acid groups (broad SMARTS) is 2. The van der Waals surface area contributed by atoms with E-state index in [2.05, 4.69) is 51.6 Å². The summed E-state index contributed by atoms with van der Waals surface area (Å²) in [5.74, 6) is -2.77. The number of aliphatic hydroxyl groups is 2. The third kappa shape index (κ3) is 31.4. The van der Waals surface area contributed by atoms with Crippen molar-refractivity contribution in [3.63, 3.8) is 0 Å². The van der Waals surface area contributed by atoms with Crippen LogP contribution in [-0.2, 0) is 19.7 Å². The van der Waals surface area contributed by atoms with E-state index in [0.717, 1.165) is 95.5 Å². The quantitative estimate of drug-likeness (QED) is 0.0661. The molecule has 2 atom stereocenters. The van der Waals surface area contributed by atoms with E-state index in [1.54, 1.807) is 0 Å². The van der Waals surface area contributed by atoms with E-state index >= 15 is 0 Å². The first kappa shape index (κ1) is 53.6. The van der Waals surface area contributed by atoms with Gasteiger partial charge in [-0.2, -0.15) is 0 Å². The third-order valence-electron chi connectivity index (χ3n) is 9.69. The van der Waals surface area contributed by atoms with Crippen LogP contribution in [0.2, 0.25) is 0 Å². The number of hydrogen-bond acceptors (Lipinski definition) is 11. The maximum Gasteiger partial charge on any atom is 0.119 e. The lowest BCUT2D eigenvalue weighted by molar-refractivity contribution is -0.893. The predicted octanol–water partition coefficient (Wildman–Crippen LogP) is -1.56. The van der Waals surface area contributed by atoms with Gasteiger partial charge in [-0.3, -0.25) is 0 Å². The molecule has 0 spiro atoms. The third-order valence-corrected chi connectivity index (χ3v) is 10.5. The van der Waals surface area contributed by atoms with Gasteiger partial charge in [-0.15, -0.1) is 0 Å². The van der Waals surface area contributed by atoms with Crippen molar-refractivity contribution in [2.45, 2.75) is 91.0 Å². The fourth-order valence-corrected chi connectivity index (χ4v) is 7.24. The van der Waals surface area contributed by atoms with Gasteiger partial charge in [0.2, 0.25) is 0 Å². The molecule has 0 aromatic heterocycles. The maximum atomic E-state index is 10.8. The standard InChI is InChI=1S/C20H46N3O5S.C17H35N3O4/c1-8-19(24)15-22(4,5)13-9-11-21(18(2)3)12-10-14-23(6,7)16-20(25)17-29(26,27)28;1-15(2)18(9-7-11-19(3,4)13-16(21)22)10-8-12-20(5,6)14-17(23)24/h18-20,24-25H,8-17H2,1-7H3;15H,7-14H2,1-6H3/q+1;. The van der Waals surface area contributed by atoms with Crippen LogP contribution < -0.4 is 10.2 Å². The first-order chi connectivity index (χ1) is 23.9. The SMILES string of the molecule is CC(C)N(CCC[N+](C)(C)CC(=O)[O-])CCC[N+](C)(C)CC(=O)[O-].CCC(O)C[N+](C)(C)CCCN(CCC[N+](C)(C)CC(O)CS(=O)(=O)[O-])C(C)C. The fourth-order valence-electron chi connectivity index (χ4n) is 6.66. The Labute approximate surface area is 323 Å². The highest BCUT2D eigenvalue weighted by molar-refractivity contribution is 7.85. The summed E-state index contributed by atoms with van der Waals surface area (Å²) in [4.78, 5) is 26.3. The zero-order chi connectivity index (χ0) is 41.8. The Balaban J connectivity index is 0. The monoisotopic (exact) mass is 786 g/mol. The van der Waals surface area contributed by atoms with Crippen molar-refractivity contribution in [3.8, 4) is 0 Å². The Hall–Kier alpha value is -1.47. The summed E-state index contributed by atoms with van der Waals surface area (Å²) in [6.45, 7) is 18.8. The van der Waals surface area contributed by atoms with E-state index in [9.17, 15) is 43.0 Å². The lowest BCUT2D eigenvalue weighted by atomic mass is 10.2. The summed E-state index contributed by atoms with van der Waals surface area (Å²) >= 11 is 0. The van der Waals surface area contributed by atoms with Gasteiger partial charge in [-0.1, -0.05) is 6.92 Å². The summed E-state index contributed by atoms with van der Waals surface area (Å²) in [7, 11) is 11.4. The van der Waals surface area contributed by atoms with E-state index in [0.29, 0.717) is 25.5 Å². The van der Waals surface area contributed by atoms with E-state index in [-0.39, 0.29) is 25.7 Å². The van der Waals surface area contributed by atoms with E-state index < -0.39 is 33.9 Å².